The van der Waals surface area contributed by atoms with E-state index in [9.17, 15) is 14.4 Å². The minimum atomic E-state index is -1.32. The number of ether oxygens (including phenoxy) is 1. The first-order chi connectivity index (χ1) is 5.97. The maximum Gasteiger partial charge on any atom is 0.330 e. The molecule has 0 aromatic rings. The lowest BCUT2D eigenvalue weighted by Gasteiger charge is -2.10. The fourth-order valence-corrected chi connectivity index (χ4v) is 0.571. The molecule has 0 spiro atoms. The molecule has 0 aliphatic heterocycles. The van der Waals surface area contributed by atoms with Crippen LogP contribution in [0.15, 0.2) is 12.7 Å². The number of esters is 1. The van der Waals surface area contributed by atoms with Crippen molar-refractivity contribution in [1.29, 1.82) is 0 Å². The maximum atomic E-state index is 10.6. The van der Waals surface area contributed by atoms with Crippen LogP contribution in [-0.4, -0.2) is 23.9 Å². The Morgan fingerprint density at radius 3 is 2.23 bits per heavy atom. The van der Waals surface area contributed by atoms with Crippen LogP contribution in [0.4, 0.5) is 0 Å². The maximum absolute atomic E-state index is 10.6. The highest BCUT2D eigenvalue weighted by atomic mass is 16.5. The normalized spacial score (nSPS) is 11.4. The summed E-state index contributed by atoms with van der Waals surface area (Å²) in [5.41, 5.74) is 9.61. The molecule has 0 aliphatic rings. The molecule has 0 saturated carbocycles. The van der Waals surface area contributed by atoms with Crippen LogP contribution in [0.25, 0.3) is 0 Å². The Morgan fingerprint density at radius 2 is 1.92 bits per heavy atom. The van der Waals surface area contributed by atoms with Crippen molar-refractivity contribution in [1.82, 2.24) is 0 Å². The molecule has 72 valence electrons. The Labute approximate surface area is 74.5 Å². The van der Waals surface area contributed by atoms with E-state index in [-0.39, 0.29) is 0 Å². The minimum Gasteiger partial charge on any atom is -0.449 e. The smallest absolute Gasteiger partial charge is 0.330 e. The second kappa shape index (κ2) is 4.91. The lowest BCUT2D eigenvalue weighted by atomic mass is 10.2. The summed E-state index contributed by atoms with van der Waals surface area (Å²) in [6.45, 7) is 3.11. The van der Waals surface area contributed by atoms with Gasteiger partial charge < -0.3 is 16.2 Å². The third kappa shape index (κ3) is 4.57. The molecule has 13 heavy (non-hydrogen) atoms. The van der Waals surface area contributed by atoms with Gasteiger partial charge in [0.15, 0.2) is 6.10 Å². The lowest BCUT2D eigenvalue weighted by Crippen LogP contribution is -2.36. The average Bonchev–Trinajstić information content (AvgIpc) is 2.02. The van der Waals surface area contributed by atoms with Crippen molar-refractivity contribution < 1.29 is 19.1 Å². The van der Waals surface area contributed by atoms with Crippen LogP contribution in [0, 0.1) is 0 Å². The van der Waals surface area contributed by atoms with Gasteiger partial charge in [-0.2, -0.15) is 0 Å². The summed E-state index contributed by atoms with van der Waals surface area (Å²) in [6, 6.07) is 0. The van der Waals surface area contributed by atoms with Crippen molar-refractivity contribution in [2.45, 2.75) is 12.5 Å². The number of hydrogen-bond donors (Lipinski definition) is 2. The molecule has 4 N–H and O–H groups in total. The predicted molar refractivity (Wildman–Crippen MR) is 43.1 cm³/mol. The fourth-order valence-electron chi connectivity index (χ4n) is 0.571. The van der Waals surface area contributed by atoms with Gasteiger partial charge in [0.1, 0.15) is 0 Å². The van der Waals surface area contributed by atoms with Crippen molar-refractivity contribution in [2.24, 2.45) is 11.5 Å². The van der Waals surface area contributed by atoms with Crippen LogP contribution in [-0.2, 0) is 19.1 Å². The Balaban J connectivity index is 4.26. The Kier molecular flexibility index (Phi) is 4.21. The molecule has 1 atom stereocenters. The van der Waals surface area contributed by atoms with Gasteiger partial charge in [-0.3, -0.25) is 9.59 Å². The number of amides is 2. The van der Waals surface area contributed by atoms with Crippen LogP contribution in [0.1, 0.15) is 6.42 Å². The number of carbonyl (C=O) groups is 3. The Hall–Kier alpha value is -1.85. The van der Waals surface area contributed by atoms with E-state index in [2.05, 4.69) is 11.3 Å². The highest BCUT2D eigenvalue weighted by molar-refractivity contribution is 5.89. The molecule has 0 aliphatic carbocycles. The molecule has 6 nitrogen and oxygen atoms in total. The molecule has 0 aromatic carbocycles. The lowest BCUT2D eigenvalue weighted by molar-refractivity contribution is -0.151. The second-order valence-electron chi connectivity index (χ2n) is 2.20. The van der Waals surface area contributed by atoms with Crippen molar-refractivity contribution >= 4 is 17.8 Å². The van der Waals surface area contributed by atoms with Gasteiger partial charge in [-0.05, 0) is 0 Å². The van der Waals surface area contributed by atoms with E-state index < -0.39 is 30.3 Å². The SMILES string of the molecule is C=CC(=O)OC(CC(N)=O)C(N)=O. The quantitative estimate of drug-likeness (QED) is 0.399. The molecule has 0 rings (SSSR count). The van der Waals surface area contributed by atoms with Gasteiger partial charge in [0.25, 0.3) is 5.91 Å². The third-order valence-electron chi connectivity index (χ3n) is 1.13. The van der Waals surface area contributed by atoms with Gasteiger partial charge >= 0.3 is 5.97 Å². The molecule has 0 aromatic heterocycles. The van der Waals surface area contributed by atoms with Crippen molar-refractivity contribution in [3.8, 4) is 0 Å². The van der Waals surface area contributed by atoms with Crippen LogP contribution >= 0.6 is 0 Å². The van der Waals surface area contributed by atoms with E-state index in [0.717, 1.165) is 6.08 Å². The first-order valence-corrected chi connectivity index (χ1v) is 3.38. The van der Waals surface area contributed by atoms with E-state index in [0.29, 0.717) is 0 Å². The monoisotopic (exact) mass is 186 g/mol. The zero-order valence-electron chi connectivity index (χ0n) is 6.86. The van der Waals surface area contributed by atoms with Crippen LogP contribution in [0.2, 0.25) is 0 Å². The molecule has 0 saturated heterocycles. The van der Waals surface area contributed by atoms with Crippen LogP contribution in [0.3, 0.4) is 0 Å². The van der Waals surface area contributed by atoms with E-state index >= 15 is 0 Å². The molecule has 2 amide bonds. The van der Waals surface area contributed by atoms with E-state index in [1.54, 1.807) is 0 Å². The van der Waals surface area contributed by atoms with Crippen molar-refractivity contribution in [3.63, 3.8) is 0 Å². The van der Waals surface area contributed by atoms with E-state index in [1.807, 2.05) is 0 Å². The summed E-state index contributed by atoms with van der Waals surface area (Å²) >= 11 is 0. The fraction of sp³-hybridized carbons (Fsp3) is 0.286. The summed E-state index contributed by atoms with van der Waals surface area (Å²) in [5, 5.41) is 0. The number of rotatable bonds is 5. The molecular formula is C7H10N2O4. The van der Waals surface area contributed by atoms with Gasteiger partial charge in [0.2, 0.25) is 5.91 Å². The molecule has 1 unspecified atom stereocenters. The summed E-state index contributed by atoms with van der Waals surface area (Å²) in [7, 11) is 0. The van der Waals surface area contributed by atoms with Gasteiger partial charge in [0.05, 0.1) is 6.42 Å². The van der Waals surface area contributed by atoms with Gasteiger partial charge in [-0.15, -0.1) is 0 Å². The highest BCUT2D eigenvalue weighted by Gasteiger charge is 2.21. The van der Waals surface area contributed by atoms with Gasteiger partial charge in [-0.25, -0.2) is 4.79 Å². The number of hydrogen-bond acceptors (Lipinski definition) is 4. The second-order valence-corrected chi connectivity index (χ2v) is 2.20. The molecule has 0 bridgehead atoms. The summed E-state index contributed by atoms with van der Waals surface area (Å²) in [4.78, 5) is 31.6. The van der Waals surface area contributed by atoms with Crippen molar-refractivity contribution in [2.75, 3.05) is 0 Å². The molecule has 0 radical (unpaired) electrons. The zero-order chi connectivity index (χ0) is 10.4. The molecule has 0 heterocycles. The Morgan fingerprint density at radius 1 is 1.38 bits per heavy atom. The summed E-state index contributed by atoms with van der Waals surface area (Å²) in [6.07, 6.45) is -0.880. The molecular weight excluding hydrogens is 176 g/mol. The minimum absolute atomic E-state index is 0.422. The van der Waals surface area contributed by atoms with Crippen LogP contribution in [0.5, 0.6) is 0 Å². The van der Waals surface area contributed by atoms with E-state index in [1.165, 1.54) is 0 Å². The highest BCUT2D eigenvalue weighted by Crippen LogP contribution is 1.98. The first-order valence-electron chi connectivity index (χ1n) is 3.38. The first kappa shape index (κ1) is 11.2. The van der Waals surface area contributed by atoms with Gasteiger partial charge in [0, 0.05) is 6.08 Å². The Bertz CT molecular complexity index is 249. The van der Waals surface area contributed by atoms with E-state index in [4.69, 9.17) is 11.5 Å². The molecule has 6 heteroatoms. The van der Waals surface area contributed by atoms with Gasteiger partial charge in [-0.1, -0.05) is 6.58 Å². The standard InChI is InChI=1S/C7H10N2O4/c1-2-6(11)13-4(7(9)12)3-5(8)10/h2,4H,1,3H2,(H2,8,10)(H2,9,12). The zero-order valence-corrected chi connectivity index (χ0v) is 6.86. The summed E-state index contributed by atoms with van der Waals surface area (Å²) < 4.78 is 4.44. The number of primary amides is 2. The third-order valence-corrected chi connectivity index (χ3v) is 1.13. The topological polar surface area (TPSA) is 112 Å². The number of carbonyl (C=O) groups excluding carboxylic acids is 3. The molecule has 0 fully saturated rings. The largest absolute Gasteiger partial charge is 0.449 e. The summed E-state index contributed by atoms with van der Waals surface area (Å²) in [5.74, 6) is -2.53. The number of nitrogens with two attached hydrogens (primary N) is 2. The predicted octanol–water partition coefficient (Wildman–Crippen LogP) is -1.56. The van der Waals surface area contributed by atoms with Crippen LogP contribution < -0.4 is 11.5 Å². The van der Waals surface area contributed by atoms with Crippen molar-refractivity contribution in [3.05, 3.63) is 12.7 Å². The average molecular weight is 186 g/mol.